The van der Waals surface area contributed by atoms with Crippen LogP contribution in [0.4, 0.5) is 0 Å². The second kappa shape index (κ2) is 9.21. The van der Waals surface area contributed by atoms with Gasteiger partial charge in [-0.05, 0) is 39.8 Å². The van der Waals surface area contributed by atoms with Crippen molar-refractivity contribution >= 4 is 40.7 Å². The summed E-state index contributed by atoms with van der Waals surface area (Å²) in [7, 11) is -1.19. The molecule has 0 N–H and O–H groups in total. The average Bonchev–Trinajstić information content (AvgIpc) is 2.38. The summed E-state index contributed by atoms with van der Waals surface area (Å²) in [5.74, 6) is 0.345. The highest BCUT2D eigenvalue weighted by Gasteiger charge is 2.24. The van der Waals surface area contributed by atoms with E-state index in [-0.39, 0.29) is 4.75 Å². The molecule has 1 rings (SSSR count). The normalized spacial score (nSPS) is 11.9. The van der Waals surface area contributed by atoms with Crippen LogP contribution in [-0.2, 0) is 20.3 Å². The fourth-order valence-electron chi connectivity index (χ4n) is 1.09. The van der Waals surface area contributed by atoms with Crippen LogP contribution in [0.25, 0.3) is 0 Å². The molecule has 0 bridgehead atoms. The van der Waals surface area contributed by atoms with E-state index in [4.69, 9.17) is 23.5 Å². The van der Waals surface area contributed by atoms with Crippen LogP contribution in [-0.4, -0.2) is 22.0 Å². The van der Waals surface area contributed by atoms with Crippen LogP contribution in [0.5, 0.6) is 5.75 Å². The topological polar surface area (TPSA) is 52.6 Å². The molecule has 4 nitrogen and oxygen atoms in total. The van der Waals surface area contributed by atoms with Gasteiger partial charge in [-0.2, -0.15) is 0 Å². The molecule has 0 aliphatic rings. The van der Waals surface area contributed by atoms with Gasteiger partial charge in [0.1, 0.15) is 11.9 Å². The molecule has 0 fully saturated rings. The van der Waals surface area contributed by atoms with Crippen LogP contribution in [0.3, 0.4) is 0 Å². The quantitative estimate of drug-likeness (QED) is 0.778. The van der Waals surface area contributed by atoms with E-state index in [0.717, 1.165) is 0 Å². The van der Waals surface area contributed by atoms with E-state index in [9.17, 15) is 9.00 Å². The standard InChI is InChI=1S/C10H12Cl2O2S.C3H6O2/c1-10(2,3)15(13)9-5-4-7(11)6-8(9)14-12;1-2-5-3-4/h4-6H,1-3H3;3H,2H2,1H3. The zero-order valence-corrected chi connectivity index (χ0v) is 14.1. The van der Waals surface area contributed by atoms with Crippen molar-refractivity contribution in [3.8, 4) is 5.75 Å². The highest BCUT2D eigenvalue weighted by Crippen LogP contribution is 2.31. The van der Waals surface area contributed by atoms with Crippen molar-refractivity contribution in [2.45, 2.75) is 37.3 Å². The number of halogens is 2. The predicted octanol–water partition coefficient (Wildman–Crippen LogP) is 3.96. The first-order valence-electron chi connectivity index (χ1n) is 5.83. The molecule has 0 aliphatic heterocycles. The van der Waals surface area contributed by atoms with Crippen LogP contribution in [0.1, 0.15) is 27.7 Å². The minimum Gasteiger partial charge on any atom is -0.468 e. The molecule has 20 heavy (non-hydrogen) atoms. The third-order valence-electron chi connectivity index (χ3n) is 1.98. The van der Waals surface area contributed by atoms with Crippen molar-refractivity contribution in [1.82, 2.24) is 0 Å². The molecule has 1 atom stereocenters. The Hall–Kier alpha value is -0.780. The highest BCUT2D eigenvalue weighted by atomic mass is 35.5. The summed E-state index contributed by atoms with van der Waals surface area (Å²) < 4.78 is 20.5. The molecule has 1 unspecified atom stereocenters. The molecule has 0 amide bonds. The molecule has 0 radical (unpaired) electrons. The van der Waals surface area contributed by atoms with E-state index in [2.05, 4.69) is 9.03 Å². The molecule has 0 heterocycles. The maximum Gasteiger partial charge on any atom is 0.293 e. The minimum absolute atomic E-state index is 0.345. The summed E-state index contributed by atoms with van der Waals surface area (Å²) in [6.45, 7) is 8.32. The summed E-state index contributed by atoms with van der Waals surface area (Å²) in [5, 5.41) is 0.500. The lowest BCUT2D eigenvalue weighted by Gasteiger charge is -2.18. The van der Waals surface area contributed by atoms with Gasteiger partial charge in [-0.1, -0.05) is 11.6 Å². The lowest BCUT2D eigenvalue weighted by molar-refractivity contribution is -0.128. The molecule has 7 heteroatoms. The molecule has 0 saturated heterocycles. The van der Waals surface area contributed by atoms with Gasteiger partial charge in [0.05, 0.1) is 22.3 Å². The number of carbonyl (C=O) groups excluding carboxylic acids is 1. The molecule has 0 aliphatic carbocycles. The van der Waals surface area contributed by atoms with E-state index in [0.29, 0.717) is 28.7 Å². The van der Waals surface area contributed by atoms with Gasteiger partial charge >= 0.3 is 0 Å². The molecular formula is C13H18Cl2O4S. The Bertz CT molecular complexity index is 458. The van der Waals surface area contributed by atoms with Crippen molar-refractivity contribution in [1.29, 1.82) is 0 Å². The highest BCUT2D eigenvalue weighted by molar-refractivity contribution is 7.86. The third-order valence-corrected chi connectivity index (χ3v) is 4.23. The molecule has 1 aromatic carbocycles. The van der Waals surface area contributed by atoms with Gasteiger partial charge in [-0.15, -0.1) is 0 Å². The monoisotopic (exact) mass is 340 g/mol. The first kappa shape index (κ1) is 19.2. The van der Waals surface area contributed by atoms with Gasteiger partial charge in [0, 0.05) is 15.8 Å². The van der Waals surface area contributed by atoms with E-state index in [1.54, 1.807) is 25.1 Å². The van der Waals surface area contributed by atoms with E-state index in [1.807, 2.05) is 20.8 Å². The Labute approximate surface area is 132 Å². The Morgan fingerprint density at radius 3 is 2.30 bits per heavy atom. The Morgan fingerprint density at radius 2 is 1.95 bits per heavy atom. The van der Waals surface area contributed by atoms with E-state index >= 15 is 0 Å². The second-order valence-electron chi connectivity index (χ2n) is 4.60. The number of hydrogen-bond acceptors (Lipinski definition) is 4. The van der Waals surface area contributed by atoms with Gasteiger partial charge in [0.2, 0.25) is 0 Å². The zero-order valence-electron chi connectivity index (χ0n) is 11.8. The molecule has 0 spiro atoms. The number of rotatable bonds is 4. The number of benzene rings is 1. The smallest absolute Gasteiger partial charge is 0.293 e. The summed E-state index contributed by atoms with van der Waals surface area (Å²) in [5.41, 5.74) is 0. The first-order chi connectivity index (χ1) is 9.27. The van der Waals surface area contributed by atoms with Gasteiger partial charge in [0.25, 0.3) is 6.47 Å². The van der Waals surface area contributed by atoms with Gasteiger partial charge in [-0.25, -0.2) is 0 Å². The number of carbonyl (C=O) groups is 1. The summed E-state index contributed by atoms with van der Waals surface area (Å²) in [4.78, 5) is 9.74. The predicted molar refractivity (Wildman–Crippen MR) is 81.8 cm³/mol. The van der Waals surface area contributed by atoms with E-state index in [1.165, 1.54) is 0 Å². The largest absolute Gasteiger partial charge is 0.468 e. The van der Waals surface area contributed by atoms with Crippen LogP contribution >= 0.6 is 23.5 Å². The Morgan fingerprint density at radius 1 is 1.35 bits per heavy atom. The van der Waals surface area contributed by atoms with Crippen molar-refractivity contribution < 1.29 is 18.0 Å². The minimum atomic E-state index is -1.19. The first-order valence-corrected chi connectivity index (χ1v) is 7.66. The summed E-state index contributed by atoms with van der Waals surface area (Å²) in [6.07, 6.45) is 0. The lowest BCUT2D eigenvalue weighted by atomic mass is 10.3. The number of hydrogen-bond donors (Lipinski definition) is 0. The van der Waals surface area contributed by atoms with Crippen LogP contribution in [0.2, 0.25) is 5.02 Å². The second-order valence-corrected chi connectivity index (χ2v) is 7.39. The van der Waals surface area contributed by atoms with Gasteiger partial charge in [-0.3, -0.25) is 9.00 Å². The average molecular weight is 341 g/mol. The summed E-state index contributed by atoms with van der Waals surface area (Å²) in [6, 6.07) is 4.88. The Kier molecular flexibility index (Phi) is 8.85. The fourth-order valence-corrected chi connectivity index (χ4v) is 2.56. The van der Waals surface area contributed by atoms with Gasteiger partial charge < -0.3 is 9.03 Å². The Balaban J connectivity index is 0.000000621. The molecule has 0 saturated carbocycles. The third kappa shape index (κ3) is 6.59. The van der Waals surface area contributed by atoms with Crippen molar-refractivity contribution in [2.24, 2.45) is 0 Å². The van der Waals surface area contributed by atoms with Crippen molar-refractivity contribution in [3.63, 3.8) is 0 Å². The SMILES string of the molecule is CC(C)(C)S(=O)c1ccc(Cl)cc1OCl.CCOC=O. The maximum atomic E-state index is 12.1. The van der Waals surface area contributed by atoms with E-state index < -0.39 is 10.8 Å². The number of ether oxygens (including phenoxy) is 1. The molecular weight excluding hydrogens is 323 g/mol. The van der Waals surface area contributed by atoms with Crippen molar-refractivity contribution in [2.75, 3.05) is 6.61 Å². The van der Waals surface area contributed by atoms with Crippen LogP contribution < -0.4 is 4.29 Å². The van der Waals surface area contributed by atoms with Crippen LogP contribution in [0, 0.1) is 0 Å². The zero-order chi connectivity index (χ0) is 15.8. The maximum absolute atomic E-state index is 12.1. The lowest BCUT2D eigenvalue weighted by Crippen LogP contribution is -2.21. The molecule has 114 valence electrons. The molecule has 1 aromatic rings. The summed E-state index contributed by atoms with van der Waals surface area (Å²) >= 11 is 11.1. The van der Waals surface area contributed by atoms with Gasteiger partial charge in [0.15, 0.2) is 5.75 Å². The fraction of sp³-hybridized carbons (Fsp3) is 0.462. The van der Waals surface area contributed by atoms with Crippen molar-refractivity contribution in [3.05, 3.63) is 23.2 Å². The van der Waals surface area contributed by atoms with Crippen LogP contribution in [0.15, 0.2) is 23.1 Å². The molecule has 0 aromatic heterocycles.